The van der Waals surface area contributed by atoms with Gasteiger partial charge in [-0.15, -0.1) is 0 Å². The van der Waals surface area contributed by atoms with Crippen LogP contribution in [0.1, 0.15) is 35.6 Å². The molecule has 1 aromatic rings. The fourth-order valence-corrected chi connectivity index (χ4v) is 2.89. The lowest BCUT2D eigenvalue weighted by atomic mass is 9.91. The van der Waals surface area contributed by atoms with Gasteiger partial charge in [0.15, 0.2) is 0 Å². The highest BCUT2D eigenvalue weighted by Crippen LogP contribution is 2.37. The first-order chi connectivity index (χ1) is 6.34. The van der Waals surface area contributed by atoms with Gasteiger partial charge in [-0.25, -0.2) is 0 Å². The summed E-state index contributed by atoms with van der Waals surface area (Å²) < 4.78 is 0. The summed E-state index contributed by atoms with van der Waals surface area (Å²) in [6, 6.07) is 8.15. The second-order valence-corrected chi connectivity index (χ2v) is 4.35. The molecule has 2 atom stereocenters. The lowest BCUT2D eigenvalue weighted by Crippen LogP contribution is -2.32. The molecule has 0 radical (unpaired) electrons. The maximum atomic E-state index is 3.69. The van der Waals surface area contributed by atoms with Crippen LogP contribution >= 0.6 is 0 Å². The fraction of sp³-hybridized carbons (Fsp3) is 0.500. The first-order valence-corrected chi connectivity index (χ1v) is 5.19. The van der Waals surface area contributed by atoms with Crippen LogP contribution in [0.3, 0.4) is 0 Å². The number of rotatable bonds is 0. The molecule has 0 amide bonds. The van der Waals surface area contributed by atoms with Crippen molar-refractivity contribution in [3.63, 3.8) is 0 Å². The smallest absolute Gasteiger partial charge is 0.0328 e. The quantitative estimate of drug-likeness (QED) is 0.635. The second kappa shape index (κ2) is 2.58. The van der Waals surface area contributed by atoms with Crippen LogP contribution in [0.5, 0.6) is 0 Å². The van der Waals surface area contributed by atoms with Gasteiger partial charge in [0.1, 0.15) is 0 Å². The van der Waals surface area contributed by atoms with Crippen molar-refractivity contribution in [1.29, 1.82) is 0 Å². The average Bonchev–Trinajstić information content (AvgIpc) is 2.48. The van der Waals surface area contributed by atoms with E-state index in [-0.39, 0.29) is 0 Å². The summed E-state index contributed by atoms with van der Waals surface area (Å²) in [7, 11) is 0. The Bertz CT molecular complexity index is 343. The van der Waals surface area contributed by atoms with Gasteiger partial charge in [0.05, 0.1) is 0 Å². The van der Waals surface area contributed by atoms with Crippen molar-refractivity contribution in [1.82, 2.24) is 5.32 Å². The Kier molecular flexibility index (Phi) is 1.50. The van der Waals surface area contributed by atoms with Crippen molar-refractivity contribution in [2.75, 3.05) is 0 Å². The minimum Gasteiger partial charge on any atom is -0.307 e. The molecule has 0 aliphatic carbocycles. The van der Waals surface area contributed by atoms with E-state index in [1.165, 1.54) is 24.8 Å². The Morgan fingerprint density at radius 2 is 2.23 bits per heavy atom. The number of hydrogen-bond acceptors (Lipinski definition) is 1. The zero-order valence-electron chi connectivity index (χ0n) is 8.01. The molecule has 2 heterocycles. The predicted octanol–water partition coefficient (Wildman–Crippen LogP) is 2.34. The third-order valence-corrected chi connectivity index (χ3v) is 3.47. The van der Waals surface area contributed by atoms with Crippen molar-refractivity contribution in [3.8, 4) is 0 Å². The molecular formula is C12H15N. The van der Waals surface area contributed by atoms with Crippen LogP contribution in [0.2, 0.25) is 0 Å². The molecule has 1 nitrogen and oxygen atoms in total. The Morgan fingerprint density at radius 3 is 3.15 bits per heavy atom. The van der Waals surface area contributed by atoms with Crippen molar-refractivity contribution in [3.05, 3.63) is 34.9 Å². The number of hydrogen-bond donors (Lipinski definition) is 1. The van der Waals surface area contributed by atoms with Crippen molar-refractivity contribution in [2.45, 2.75) is 38.3 Å². The number of benzene rings is 1. The molecule has 68 valence electrons. The minimum atomic E-state index is 0.662. The molecule has 0 aromatic heterocycles. The Labute approximate surface area is 79.2 Å². The largest absolute Gasteiger partial charge is 0.307 e. The van der Waals surface area contributed by atoms with Gasteiger partial charge >= 0.3 is 0 Å². The molecule has 1 fully saturated rings. The molecule has 0 spiro atoms. The summed E-state index contributed by atoms with van der Waals surface area (Å²) in [6.07, 6.45) is 3.94. The highest BCUT2D eigenvalue weighted by molar-refractivity contribution is 5.40. The Hall–Kier alpha value is -0.820. The first kappa shape index (κ1) is 7.57. The number of fused-ring (bicyclic) bond motifs is 4. The molecule has 1 unspecified atom stereocenters. The lowest BCUT2D eigenvalue weighted by Gasteiger charge is -2.26. The minimum absolute atomic E-state index is 0.662. The van der Waals surface area contributed by atoms with E-state index in [0.29, 0.717) is 6.04 Å². The fourth-order valence-electron chi connectivity index (χ4n) is 2.89. The van der Waals surface area contributed by atoms with Crippen molar-refractivity contribution < 1.29 is 0 Å². The van der Waals surface area contributed by atoms with Crippen LogP contribution in [-0.2, 0) is 6.42 Å². The van der Waals surface area contributed by atoms with E-state index in [1.807, 2.05) is 0 Å². The third-order valence-electron chi connectivity index (χ3n) is 3.47. The van der Waals surface area contributed by atoms with E-state index in [1.54, 1.807) is 11.1 Å². The maximum absolute atomic E-state index is 3.69. The van der Waals surface area contributed by atoms with E-state index >= 15 is 0 Å². The molecule has 1 saturated heterocycles. The van der Waals surface area contributed by atoms with Crippen LogP contribution < -0.4 is 5.32 Å². The van der Waals surface area contributed by atoms with Crippen LogP contribution in [0, 0.1) is 6.92 Å². The van der Waals surface area contributed by atoms with Gasteiger partial charge < -0.3 is 5.32 Å². The van der Waals surface area contributed by atoms with E-state index in [4.69, 9.17) is 0 Å². The van der Waals surface area contributed by atoms with Gasteiger partial charge in [0.25, 0.3) is 0 Å². The van der Waals surface area contributed by atoms with Gasteiger partial charge in [-0.2, -0.15) is 0 Å². The van der Waals surface area contributed by atoms with Crippen LogP contribution in [0.4, 0.5) is 0 Å². The predicted molar refractivity (Wildman–Crippen MR) is 53.8 cm³/mol. The lowest BCUT2D eigenvalue weighted by molar-refractivity contribution is 0.513. The summed E-state index contributed by atoms with van der Waals surface area (Å²) >= 11 is 0. The van der Waals surface area contributed by atoms with Crippen molar-refractivity contribution in [2.24, 2.45) is 0 Å². The Morgan fingerprint density at radius 1 is 1.31 bits per heavy atom. The van der Waals surface area contributed by atoms with Gasteiger partial charge in [0.2, 0.25) is 0 Å². The summed E-state index contributed by atoms with van der Waals surface area (Å²) in [5.41, 5.74) is 4.65. The zero-order valence-corrected chi connectivity index (χ0v) is 8.01. The highest BCUT2D eigenvalue weighted by atomic mass is 15.0. The molecule has 2 aliphatic rings. The zero-order chi connectivity index (χ0) is 8.84. The third kappa shape index (κ3) is 1.03. The summed E-state index contributed by atoms with van der Waals surface area (Å²) in [5.74, 6) is 0. The highest BCUT2D eigenvalue weighted by Gasteiger charge is 2.32. The molecule has 2 aliphatic heterocycles. The molecule has 13 heavy (non-hydrogen) atoms. The molecule has 2 bridgehead atoms. The van der Waals surface area contributed by atoms with Crippen LogP contribution in [0.25, 0.3) is 0 Å². The summed E-state index contributed by atoms with van der Waals surface area (Å²) in [5, 5.41) is 3.69. The topological polar surface area (TPSA) is 12.0 Å². The standard InChI is InChI=1S/C12H15N/c1-8-3-2-4-9-7-10-5-6-11(13-10)12(8)9/h2-4,10-11,13H,5-7H2,1H3/t10?,11-/m0/s1. The van der Waals surface area contributed by atoms with E-state index in [9.17, 15) is 0 Å². The summed E-state index contributed by atoms with van der Waals surface area (Å²) in [4.78, 5) is 0. The molecular weight excluding hydrogens is 158 g/mol. The second-order valence-electron chi connectivity index (χ2n) is 4.35. The molecule has 3 rings (SSSR count). The van der Waals surface area contributed by atoms with Gasteiger partial charge in [0, 0.05) is 12.1 Å². The normalized spacial score (nSPS) is 30.2. The summed E-state index contributed by atoms with van der Waals surface area (Å²) in [6.45, 7) is 2.24. The number of nitrogens with one attached hydrogen (secondary N) is 1. The van der Waals surface area contributed by atoms with Gasteiger partial charge in [-0.3, -0.25) is 0 Å². The monoisotopic (exact) mass is 173 g/mol. The molecule has 1 heteroatoms. The van der Waals surface area contributed by atoms with Crippen LogP contribution in [0.15, 0.2) is 18.2 Å². The average molecular weight is 173 g/mol. The van der Waals surface area contributed by atoms with E-state index < -0.39 is 0 Å². The first-order valence-electron chi connectivity index (χ1n) is 5.19. The molecule has 0 saturated carbocycles. The van der Waals surface area contributed by atoms with Crippen LogP contribution in [-0.4, -0.2) is 6.04 Å². The Balaban J connectivity index is 2.17. The van der Waals surface area contributed by atoms with E-state index in [0.717, 1.165) is 6.04 Å². The van der Waals surface area contributed by atoms with Gasteiger partial charge in [-0.05, 0) is 42.9 Å². The molecule has 1 N–H and O–H groups in total. The number of aryl methyl sites for hydroxylation is 1. The molecule has 1 aromatic carbocycles. The maximum Gasteiger partial charge on any atom is 0.0328 e. The van der Waals surface area contributed by atoms with Gasteiger partial charge in [-0.1, -0.05) is 18.2 Å². The van der Waals surface area contributed by atoms with E-state index in [2.05, 4.69) is 30.4 Å². The van der Waals surface area contributed by atoms with Crippen molar-refractivity contribution >= 4 is 0 Å². The SMILES string of the molecule is Cc1cccc2c1[C@@H]1CCC(C2)N1.